The molecule has 1 heterocycles. The zero-order valence-electron chi connectivity index (χ0n) is 33.6. The third-order valence-corrected chi connectivity index (χ3v) is 19.1. The Balaban J connectivity index is 1.24. The van der Waals surface area contributed by atoms with Crippen molar-refractivity contribution >= 4 is 101 Å². The number of thiocarbonyl (C=S) groups is 1. The van der Waals surface area contributed by atoms with Crippen LogP contribution in [-0.4, -0.2) is 46.4 Å². The first-order valence-corrected chi connectivity index (χ1v) is 23.6. The van der Waals surface area contributed by atoms with E-state index in [0.29, 0.717) is 11.8 Å². The summed E-state index contributed by atoms with van der Waals surface area (Å²) < 4.78 is 4.33. The molecule has 0 unspecified atom stereocenters. The number of benzene rings is 6. The maximum atomic E-state index is 5.90. The van der Waals surface area contributed by atoms with E-state index in [4.69, 9.17) is 12.2 Å². The number of thioether (sulfide) groups is 4. The Kier molecular flexibility index (Phi) is 9.65. The van der Waals surface area contributed by atoms with Crippen LogP contribution in [0, 0.1) is 17.3 Å². The Morgan fingerprint density at radius 2 is 1.24 bits per heavy atom. The molecule has 0 radical (unpaired) electrons. The molecule has 6 aromatic rings. The molecule has 2 fully saturated rings. The van der Waals surface area contributed by atoms with Gasteiger partial charge in [-0.05, 0) is 138 Å². The van der Waals surface area contributed by atoms with Crippen molar-refractivity contribution in [3.05, 3.63) is 177 Å². The molecular weight excluding hydrogens is 801 g/mol. The molecule has 5 aliphatic rings. The van der Waals surface area contributed by atoms with Gasteiger partial charge in [-0.25, -0.2) is 4.58 Å². The summed E-state index contributed by atoms with van der Waals surface area (Å²) >= 11 is 13.6. The Labute approximate surface area is 365 Å². The van der Waals surface area contributed by atoms with E-state index >= 15 is 0 Å². The predicted octanol–water partition coefficient (Wildman–Crippen LogP) is 13.8. The lowest BCUT2D eigenvalue weighted by Gasteiger charge is -2.58. The fourth-order valence-electron chi connectivity index (χ4n) is 9.51. The highest BCUT2D eigenvalue weighted by Crippen LogP contribution is 2.69. The zero-order chi connectivity index (χ0) is 39.9. The Morgan fingerprint density at radius 1 is 0.707 bits per heavy atom. The number of allylic oxidation sites excluding steroid dienone is 3. The molecule has 1 saturated carbocycles. The summed E-state index contributed by atoms with van der Waals surface area (Å²) in [6, 6.07) is 47.3. The lowest BCUT2D eigenvalue weighted by atomic mass is 9.47. The normalized spacial score (nSPS) is 22.1. The average Bonchev–Trinajstić information content (AvgIpc) is 3.22. The minimum atomic E-state index is -0.151. The van der Waals surface area contributed by atoms with E-state index in [0.717, 1.165) is 10.7 Å². The number of hydrogen-bond acceptors (Lipinski definition) is 5. The van der Waals surface area contributed by atoms with E-state index in [1.54, 1.807) is 11.8 Å². The van der Waals surface area contributed by atoms with Gasteiger partial charge >= 0.3 is 0 Å². The molecule has 0 N–H and O–H groups in total. The van der Waals surface area contributed by atoms with Crippen molar-refractivity contribution < 1.29 is 4.58 Å². The van der Waals surface area contributed by atoms with E-state index in [2.05, 4.69) is 172 Å². The van der Waals surface area contributed by atoms with Crippen molar-refractivity contribution in [2.75, 3.05) is 28.2 Å². The number of rotatable bonds is 5. The molecule has 288 valence electrons. The van der Waals surface area contributed by atoms with E-state index in [1.165, 1.54) is 85.2 Å². The van der Waals surface area contributed by atoms with Gasteiger partial charge in [-0.2, -0.15) is 0 Å². The molecular formula is C51H45N2S5+. The van der Waals surface area contributed by atoms with Crippen LogP contribution in [0.25, 0.3) is 33.2 Å². The quantitative estimate of drug-likeness (QED) is 0.0733. The van der Waals surface area contributed by atoms with Gasteiger partial charge in [0.1, 0.15) is 22.5 Å². The topological polar surface area (TPSA) is 6.25 Å². The molecule has 4 aliphatic carbocycles. The zero-order valence-corrected chi connectivity index (χ0v) is 37.7. The summed E-state index contributed by atoms with van der Waals surface area (Å²) in [7, 11) is 8.39. The minimum Gasteiger partial charge on any atom is -0.363 e. The van der Waals surface area contributed by atoms with Crippen molar-refractivity contribution in [1.29, 1.82) is 0 Å². The first-order chi connectivity index (χ1) is 28.1. The van der Waals surface area contributed by atoms with Gasteiger partial charge in [-0.3, -0.25) is 0 Å². The standard InChI is InChI=1S/C51H45N2S5/c1-50(2)44-30-45(50)41(29-39-34-22-14-16-26-42(34)51(57-49(58-51)53(5)6)43-27-17-15-23-35(39)43)47(55-31-18-8-7-9-19-31)40(44)28-38-32-20-10-12-24-36(32)46(56-48(54)52(3)4)37-25-13-11-21-33(37)38/h7-29,44-45H,30H2,1-6H3/q+1/t44-,45+/m0/s1. The molecule has 1 saturated heterocycles. The van der Waals surface area contributed by atoms with Crippen molar-refractivity contribution in [1.82, 2.24) is 4.90 Å². The Bertz CT molecular complexity index is 2710. The Hall–Kier alpha value is -3.98. The van der Waals surface area contributed by atoms with E-state index in [-0.39, 0.29) is 9.49 Å². The second kappa shape index (κ2) is 14.6. The Morgan fingerprint density at radius 3 is 1.79 bits per heavy atom. The van der Waals surface area contributed by atoms with Crippen molar-refractivity contribution in [2.24, 2.45) is 17.3 Å². The fourth-order valence-corrected chi connectivity index (χ4v) is 14.9. The maximum absolute atomic E-state index is 5.90. The number of hydrogen-bond donors (Lipinski definition) is 0. The number of nitrogens with zero attached hydrogens (tertiary/aromatic N) is 2. The molecule has 11 rings (SSSR count). The third kappa shape index (κ3) is 6.02. The van der Waals surface area contributed by atoms with Gasteiger partial charge in [-0.15, -0.1) is 0 Å². The van der Waals surface area contributed by atoms with Gasteiger partial charge in [0.2, 0.25) is 0 Å². The lowest BCUT2D eigenvalue weighted by molar-refractivity contribution is -0.458. The first kappa shape index (κ1) is 38.2. The van der Waals surface area contributed by atoms with Crippen LogP contribution in [0.1, 0.15) is 48.1 Å². The van der Waals surface area contributed by atoms with Crippen LogP contribution in [0.4, 0.5) is 0 Å². The molecule has 2 atom stereocenters. The average molecular weight is 846 g/mol. The van der Waals surface area contributed by atoms with Crippen LogP contribution in [0.3, 0.4) is 0 Å². The summed E-state index contributed by atoms with van der Waals surface area (Å²) in [6.45, 7) is 5.02. The van der Waals surface area contributed by atoms with Gasteiger partial charge in [0.05, 0.1) is 0 Å². The van der Waals surface area contributed by atoms with Gasteiger partial charge in [0.15, 0.2) is 0 Å². The third-order valence-electron chi connectivity index (χ3n) is 12.6. The number of fused-ring (bicyclic) bond motifs is 7. The first-order valence-electron chi connectivity index (χ1n) is 19.9. The molecule has 2 bridgehead atoms. The summed E-state index contributed by atoms with van der Waals surface area (Å²) in [6.07, 6.45) is 6.36. The second-order valence-electron chi connectivity index (χ2n) is 16.7. The predicted molar refractivity (Wildman–Crippen MR) is 259 cm³/mol. The minimum absolute atomic E-state index is 0.0996. The smallest absolute Gasteiger partial charge is 0.273 e. The molecule has 7 heteroatoms. The van der Waals surface area contributed by atoms with Crippen LogP contribution >= 0.6 is 59.3 Å². The van der Waals surface area contributed by atoms with Gasteiger partial charge in [-0.1, -0.05) is 165 Å². The van der Waals surface area contributed by atoms with Crippen molar-refractivity contribution in [2.45, 2.75) is 34.1 Å². The molecule has 1 aliphatic heterocycles. The molecule has 6 aromatic carbocycles. The highest BCUT2D eigenvalue weighted by molar-refractivity contribution is 8.53. The highest BCUT2D eigenvalue weighted by Gasteiger charge is 2.57. The van der Waals surface area contributed by atoms with Crippen LogP contribution < -0.4 is 0 Å². The summed E-state index contributed by atoms with van der Waals surface area (Å²) in [4.78, 5) is 5.95. The molecule has 1 spiro atoms. The van der Waals surface area contributed by atoms with Gasteiger partial charge in [0.25, 0.3) is 4.38 Å². The van der Waals surface area contributed by atoms with Crippen molar-refractivity contribution in [3.63, 3.8) is 0 Å². The van der Waals surface area contributed by atoms with Crippen LogP contribution in [0.15, 0.2) is 159 Å². The van der Waals surface area contributed by atoms with Crippen molar-refractivity contribution in [3.8, 4) is 0 Å². The van der Waals surface area contributed by atoms with E-state index < -0.39 is 0 Å². The SMILES string of the molecule is CN(C)C(=S)Sc1c2ccccc2c(C=C2C(Sc3ccccc3)=C(C=C3c4ccccc4C4(SC(=[N+](C)C)S4)c4ccccc43)[C@H]3C[C@@H]2C3(C)C)c2ccccc12. The van der Waals surface area contributed by atoms with Gasteiger partial charge < -0.3 is 4.90 Å². The highest BCUT2D eigenvalue weighted by atomic mass is 32.3. The fraction of sp³-hybridized carbons (Fsp3) is 0.216. The van der Waals surface area contributed by atoms with Crippen LogP contribution in [-0.2, 0) is 4.08 Å². The van der Waals surface area contributed by atoms with E-state index in [1.807, 2.05) is 54.3 Å². The van der Waals surface area contributed by atoms with Gasteiger partial charge in [0, 0.05) is 28.8 Å². The van der Waals surface area contributed by atoms with E-state index in [9.17, 15) is 0 Å². The molecule has 0 amide bonds. The van der Waals surface area contributed by atoms with Crippen LogP contribution in [0.2, 0.25) is 0 Å². The molecule has 0 aromatic heterocycles. The largest absolute Gasteiger partial charge is 0.363 e. The second-order valence-corrected chi connectivity index (χ2v) is 22.3. The summed E-state index contributed by atoms with van der Waals surface area (Å²) in [5.41, 5.74) is 11.2. The van der Waals surface area contributed by atoms with Crippen LogP contribution in [0.5, 0.6) is 0 Å². The monoisotopic (exact) mass is 845 g/mol. The molecule has 58 heavy (non-hydrogen) atoms. The molecule has 2 nitrogen and oxygen atoms in total. The summed E-state index contributed by atoms with van der Waals surface area (Å²) in [5.74, 6) is 0.889. The maximum Gasteiger partial charge on any atom is 0.273 e. The summed E-state index contributed by atoms with van der Waals surface area (Å²) in [5, 5.41) is 5.04. The lowest BCUT2D eigenvalue weighted by Crippen LogP contribution is -2.50.